The van der Waals surface area contributed by atoms with Crippen molar-refractivity contribution < 1.29 is 22.8 Å². The minimum absolute atomic E-state index is 0.0846. The number of amides is 2. The van der Waals surface area contributed by atoms with Gasteiger partial charge in [0.1, 0.15) is 6.04 Å². The van der Waals surface area contributed by atoms with Crippen molar-refractivity contribution in [3.05, 3.63) is 58.7 Å². The Labute approximate surface area is 254 Å². The summed E-state index contributed by atoms with van der Waals surface area (Å²) in [6.45, 7) is 7.55. The van der Waals surface area contributed by atoms with Crippen molar-refractivity contribution in [3.8, 4) is 0 Å². The number of carbonyl (C=O) groups excluding carboxylic acids is 3. The number of Topliss-reactive ketones (excluding diaryl/α,β-unsaturated/α-hetero) is 1. The number of nitrogens with one attached hydrogen (secondary N) is 3. The summed E-state index contributed by atoms with van der Waals surface area (Å²) in [5.41, 5.74) is 14.9. The van der Waals surface area contributed by atoms with E-state index in [9.17, 15) is 22.8 Å². The molecule has 11 nitrogen and oxygen atoms in total. The van der Waals surface area contributed by atoms with E-state index in [0.29, 0.717) is 41.3 Å². The zero-order valence-corrected chi connectivity index (χ0v) is 26.2. The van der Waals surface area contributed by atoms with Crippen molar-refractivity contribution in [2.24, 2.45) is 28.3 Å². The first kappa shape index (κ1) is 33.7. The number of sulfonamides is 1. The second-order valence-electron chi connectivity index (χ2n) is 11.4. The van der Waals surface area contributed by atoms with Gasteiger partial charge in [0.2, 0.25) is 17.8 Å². The summed E-state index contributed by atoms with van der Waals surface area (Å²) < 4.78 is 28.3. The monoisotopic (exact) mass is 612 g/mol. The van der Waals surface area contributed by atoms with Gasteiger partial charge in [-0.05, 0) is 114 Å². The molecule has 12 heteroatoms. The molecule has 0 heterocycles. The molecule has 0 radical (unpaired) electrons. The summed E-state index contributed by atoms with van der Waals surface area (Å²) in [7, 11) is -3.94. The number of carbonyl (C=O) groups is 3. The number of ketones is 1. The summed E-state index contributed by atoms with van der Waals surface area (Å²) in [5, 5.41) is 5.72. The predicted molar refractivity (Wildman–Crippen MR) is 168 cm³/mol. The van der Waals surface area contributed by atoms with Crippen LogP contribution in [0.15, 0.2) is 46.3 Å². The van der Waals surface area contributed by atoms with Crippen LogP contribution in [0.3, 0.4) is 0 Å². The summed E-state index contributed by atoms with van der Waals surface area (Å²) in [6.07, 6.45) is 3.79. The molecule has 7 N–H and O–H groups in total. The van der Waals surface area contributed by atoms with Crippen LogP contribution in [-0.2, 0) is 19.6 Å². The van der Waals surface area contributed by atoms with E-state index < -0.39 is 22.0 Å². The van der Waals surface area contributed by atoms with Crippen molar-refractivity contribution in [1.29, 1.82) is 0 Å². The number of hydrogen-bond donors (Lipinski definition) is 5. The van der Waals surface area contributed by atoms with Crippen LogP contribution < -0.4 is 26.8 Å². The molecule has 0 bridgehead atoms. The number of aryl methyl sites for hydroxylation is 3. The summed E-state index contributed by atoms with van der Waals surface area (Å²) in [6, 6.07) is 9.25. The lowest BCUT2D eigenvalue weighted by Gasteiger charge is -2.28. The van der Waals surface area contributed by atoms with Gasteiger partial charge in [0, 0.05) is 23.7 Å². The fourth-order valence-corrected chi connectivity index (χ4v) is 6.95. The molecule has 1 aliphatic carbocycles. The average molecular weight is 613 g/mol. The molecule has 0 aromatic heterocycles. The lowest BCUT2D eigenvalue weighted by Crippen LogP contribution is -2.46. The van der Waals surface area contributed by atoms with Gasteiger partial charge in [0.05, 0.1) is 4.90 Å². The van der Waals surface area contributed by atoms with Gasteiger partial charge in [0.25, 0.3) is 10.0 Å². The minimum Gasteiger partial charge on any atom is -0.369 e. The molecular formula is C31H44N6O5S. The number of aliphatic imine (C=N–C) groups is 1. The Bertz CT molecular complexity index is 1420. The average Bonchev–Trinajstić information content (AvgIpc) is 2.93. The molecule has 3 rings (SSSR count). The third-order valence-electron chi connectivity index (χ3n) is 7.79. The Morgan fingerprint density at radius 1 is 1.00 bits per heavy atom. The van der Waals surface area contributed by atoms with Crippen molar-refractivity contribution in [2.45, 2.75) is 77.2 Å². The van der Waals surface area contributed by atoms with Crippen LogP contribution in [0, 0.1) is 32.6 Å². The van der Waals surface area contributed by atoms with E-state index in [0.717, 1.165) is 31.2 Å². The predicted octanol–water partition coefficient (Wildman–Crippen LogP) is 3.08. The first-order valence-electron chi connectivity index (χ1n) is 14.6. The molecule has 1 aliphatic rings. The first-order chi connectivity index (χ1) is 20.3. The van der Waals surface area contributed by atoms with Gasteiger partial charge in [-0.3, -0.25) is 19.4 Å². The van der Waals surface area contributed by atoms with Gasteiger partial charge in [-0.2, -0.15) is 0 Å². The van der Waals surface area contributed by atoms with Crippen molar-refractivity contribution in [3.63, 3.8) is 0 Å². The van der Waals surface area contributed by atoms with Crippen LogP contribution in [0.2, 0.25) is 0 Å². The lowest BCUT2D eigenvalue weighted by molar-refractivity contribution is -0.130. The van der Waals surface area contributed by atoms with Crippen LogP contribution in [0.25, 0.3) is 0 Å². The highest BCUT2D eigenvalue weighted by molar-refractivity contribution is 7.90. The van der Waals surface area contributed by atoms with Crippen LogP contribution in [0.1, 0.15) is 72.5 Å². The summed E-state index contributed by atoms with van der Waals surface area (Å²) in [5.74, 6) is -0.694. The molecule has 43 heavy (non-hydrogen) atoms. The van der Waals surface area contributed by atoms with Gasteiger partial charge in [0.15, 0.2) is 5.78 Å². The molecule has 1 fully saturated rings. The van der Waals surface area contributed by atoms with E-state index in [1.165, 1.54) is 6.92 Å². The standard InChI is InChI=1S/C31H44N6O5S/c1-19-16-20(2)28(21(3)17-19)43(41,42)37-31(33)34-15-5-6-27(36-29(39)25-9-7-23(18-32)8-10-25)30(40)35-26-13-11-24(12-14-26)22(4)38/h11-14,16-17,23,25,27H,5-10,15,18,32H2,1-4H3,(H,35,40)(H,36,39)(H3,33,34,37)/t23?,25?,27-/m0/s1. The summed E-state index contributed by atoms with van der Waals surface area (Å²) in [4.78, 5) is 42.3. The number of rotatable bonds is 12. The van der Waals surface area contributed by atoms with Crippen LogP contribution >= 0.6 is 0 Å². The molecule has 2 aromatic rings. The van der Waals surface area contributed by atoms with E-state index in [1.807, 2.05) is 6.92 Å². The maximum atomic E-state index is 13.2. The van der Waals surface area contributed by atoms with Gasteiger partial charge in [-0.25, -0.2) is 13.1 Å². The van der Waals surface area contributed by atoms with Crippen molar-refractivity contribution in [1.82, 2.24) is 10.0 Å². The second-order valence-corrected chi connectivity index (χ2v) is 13.0. The maximum absolute atomic E-state index is 13.2. The van der Waals surface area contributed by atoms with E-state index in [-0.39, 0.29) is 41.4 Å². The highest BCUT2D eigenvalue weighted by atomic mass is 32.2. The quantitative estimate of drug-likeness (QED) is 0.105. The SMILES string of the molecule is CC(=O)c1ccc(NC(=O)[C@H](CCCN=C(N)NS(=O)(=O)c2c(C)cc(C)cc2C)NC(=O)C2CCC(CN)CC2)cc1. The van der Waals surface area contributed by atoms with Gasteiger partial charge in [-0.1, -0.05) is 17.7 Å². The molecule has 2 amide bonds. The molecule has 0 saturated heterocycles. The van der Waals surface area contributed by atoms with Crippen LogP contribution in [0.5, 0.6) is 0 Å². The molecule has 234 valence electrons. The van der Waals surface area contributed by atoms with Gasteiger partial charge in [-0.15, -0.1) is 0 Å². The number of nitrogens with zero attached hydrogens (tertiary/aromatic N) is 1. The normalized spacial score (nSPS) is 18.0. The molecule has 0 unspecified atom stereocenters. The van der Waals surface area contributed by atoms with Crippen molar-refractivity contribution in [2.75, 3.05) is 18.4 Å². The largest absolute Gasteiger partial charge is 0.369 e. The molecule has 0 aliphatic heterocycles. The molecule has 1 saturated carbocycles. The smallest absolute Gasteiger partial charge is 0.264 e. The Hall–Kier alpha value is -3.77. The lowest BCUT2D eigenvalue weighted by atomic mass is 9.81. The minimum atomic E-state index is -3.94. The maximum Gasteiger partial charge on any atom is 0.264 e. The number of nitrogens with two attached hydrogens (primary N) is 2. The van der Waals surface area contributed by atoms with E-state index >= 15 is 0 Å². The molecule has 2 aromatic carbocycles. The Morgan fingerprint density at radius 3 is 2.16 bits per heavy atom. The zero-order chi connectivity index (χ0) is 31.7. The number of guanidine groups is 1. The Morgan fingerprint density at radius 2 is 1.60 bits per heavy atom. The van der Waals surface area contributed by atoms with E-state index in [1.54, 1.807) is 50.2 Å². The number of benzene rings is 2. The van der Waals surface area contributed by atoms with Crippen molar-refractivity contribution >= 4 is 39.3 Å². The zero-order valence-electron chi connectivity index (χ0n) is 25.4. The molecule has 0 spiro atoms. The third kappa shape index (κ3) is 9.62. The van der Waals surface area contributed by atoms with Gasteiger partial charge >= 0.3 is 0 Å². The van der Waals surface area contributed by atoms with Crippen LogP contribution in [0.4, 0.5) is 5.69 Å². The fourth-order valence-electron chi connectivity index (χ4n) is 5.54. The van der Waals surface area contributed by atoms with E-state index in [2.05, 4.69) is 20.3 Å². The Balaban J connectivity index is 1.65. The highest BCUT2D eigenvalue weighted by Crippen LogP contribution is 2.28. The van der Waals surface area contributed by atoms with E-state index in [4.69, 9.17) is 11.5 Å². The fraction of sp³-hybridized carbons (Fsp3) is 0.484. The first-order valence-corrected chi connectivity index (χ1v) is 16.1. The molecule has 1 atom stereocenters. The highest BCUT2D eigenvalue weighted by Gasteiger charge is 2.29. The van der Waals surface area contributed by atoms with Gasteiger partial charge < -0.3 is 22.1 Å². The Kier molecular flexibility index (Phi) is 11.8. The number of hydrogen-bond acceptors (Lipinski definition) is 7. The third-order valence-corrected chi connectivity index (χ3v) is 9.45. The number of anilines is 1. The molecular weight excluding hydrogens is 568 g/mol. The second kappa shape index (κ2) is 15.1. The topological polar surface area (TPSA) is 186 Å². The summed E-state index contributed by atoms with van der Waals surface area (Å²) >= 11 is 0. The van der Waals surface area contributed by atoms with Crippen LogP contribution in [-0.4, -0.2) is 51.1 Å².